The molecule has 1 saturated heterocycles. The Kier molecular flexibility index (Phi) is 3.41. The van der Waals surface area contributed by atoms with Crippen LogP contribution in [0.2, 0.25) is 0 Å². The molecule has 0 aromatic heterocycles. The van der Waals surface area contributed by atoms with Gasteiger partial charge in [0.15, 0.2) is 5.84 Å². The molecule has 0 radical (unpaired) electrons. The Labute approximate surface area is 135 Å². The monoisotopic (exact) mass is 333 g/mol. The third-order valence-corrected chi connectivity index (χ3v) is 5.97. The maximum absolute atomic E-state index is 12.2. The fourth-order valence-corrected chi connectivity index (χ4v) is 4.48. The lowest BCUT2D eigenvalue weighted by Crippen LogP contribution is -2.37. The highest BCUT2D eigenvalue weighted by Crippen LogP contribution is 2.32. The van der Waals surface area contributed by atoms with Crippen LogP contribution in [0.25, 0.3) is 0 Å². The molecule has 1 aliphatic carbocycles. The standard InChI is InChI=1S/C16H19N3O3S/c20-16(12-6-7-12)19-9-3-8-18(10-11-19)15-13-4-1-2-5-14(13)23(21,22)17-15/h1-2,4-5,12H,3,6-11H2. The van der Waals surface area contributed by atoms with Crippen LogP contribution in [-0.4, -0.2) is 56.1 Å². The number of fused-ring (bicyclic) bond motifs is 1. The second-order valence-corrected chi connectivity index (χ2v) is 7.90. The number of benzene rings is 1. The lowest BCUT2D eigenvalue weighted by Gasteiger charge is -2.23. The lowest BCUT2D eigenvalue weighted by atomic mass is 10.2. The molecule has 1 amide bonds. The van der Waals surface area contributed by atoms with Gasteiger partial charge >= 0.3 is 0 Å². The van der Waals surface area contributed by atoms with E-state index in [4.69, 9.17) is 0 Å². The largest absolute Gasteiger partial charge is 0.354 e. The zero-order valence-corrected chi connectivity index (χ0v) is 13.6. The molecule has 0 atom stereocenters. The van der Waals surface area contributed by atoms with Crippen LogP contribution < -0.4 is 0 Å². The van der Waals surface area contributed by atoms with Crippen LogP contribution >= 0.6 is 0 Å². The van der Waals surface area contributed by atoms with E-state index in [-0.39, 0.29) is 16.7 Å². The van der Waals surface area contributed by atoms with Gasteiger partial charge in [0.2, 0.25) is 5.91 Å². The van der Waals surface area contributed by atoms with E-state index < -0.39 is 10.0 Å². The van der Waals surface area contributed by atoms with E-state index in [9.17, 15) is 13.2 Å². The van der Waals surface area contributed by atoms with Gasteiger partial charge in [0.1, 0.15) is 4.90 Å². The minimum atomic E-state index is -3.58. The molecule has 3 aliphatic rings. The van der Waals surface area contributed by atoms with Crippen molar-refractivity contribution in [3.8, 4) is 0 Å². The van der Waals surface area contributed by atoms with Gasteiger partial charge < -0.3 is 9.80 Å². The minimum absolute atomic E-state index is 0.228. The van der Waals surface area contributed by atoms with E-state index in [1.54, 1.807) is 18.2 Å². The first-order valence-electron chi connectivity index (χ1n) is 8.04. The zero-order valence-electron chi connectivity index (χ0n) is 12.8. The number of carbonyl (C=O) groups excluding carboxylic acids is 1. The van der Waals surface area contributed by atoms with Crippen molar-refractivity contribution in [1.82, 2.24) is 9.80 Å². The summed E-state index contributed by atoms with van der Waals surface area (Å²) < 4.78 is 28.3. The van der Waals surface area contributed by atoms with Crippen molar-refractivity contribution >= 4 is 21.8 Å². The van der Waals surface area contributed by atoms with Gasteiger partial charge in [-0.25, -0.2) is 0 Å². The van der Waals surface area contributed by atoms with Gasteiger partial charge in [-0.15, -0.1) is 4.40 Å². The predicted molar refractivity (Wildman–Crippen MR) is 85.7 cm³/mol. The first-order valence-corrected chi connectivity index (χ1v) is 9.48. The highest BCUT2D eigenvalue weighted by molar-refractivity contribution is 7.90. The van der Waals surface area contributed by atoms with E-state index in [1.165, 1.54) is 0 Å². The number of carbonyl (C=O) groups is 1. The number of amidine groups is 1. The molecule has 4 rings (SSSR count). The summed E-state index contributed by atoms with van der Waals surface area (Å²) in [6.45, 7) is 2.72. The number of sulfonamides is 1. The Morgan fingerprint density at radius 3 is 2.65 bits per heavy atom. The SMILES string of the molecule is O=C(C1CC1)N1CCCN(C2=NS(=O)(=O)c3ccccc32)CC1. The molecule has 23 heavy (non-hydrogen) atoms. The molecule has 2 heterocycles. The van der Waals surface area contributed by atoms with E-state index in [0.717, 1.165) is 32.4 Å². The fraction of sp³-hybridized carbons (Fsp3) is 0.500. The quantitative estimate of drug-likeness (QED) is 0.771. The first kappa shape index (κ1) is 14.7. The molecule has 2 aliphatic heterocycles. The molecule has 2 fully saturated rings. The maximum Gasteiger partial charge on any atom is 0.285 e. The third-order valence-electron chi connectivity index (χ3n) is 4.65. The molecule has 122 valence electrons. The van der Waals surface area contributed by atoms with Crippen LogP contribution in [0.3, 0.4) is 0 Å². The van der Waals surface area contributed by atoms with Crippen molar-refractivity contribution < 1.29 is 13.2 Å². The maximum atomic E-state index is 12.2. The summed E-state index contributed by atoms with van der Waals surface area (Å²) in [5.74, 6) is 1.01. The lowest BCUT2D eigenvalue weighted by molar-refractivity contribution is -0.132. The second kappa shape index (κ2) is 5.33. The van der Waals surface area contributed by atoms with E-state index in [2.05, 4.69) is 4.40 Å². The number of hydrogen-bond acceptors (Lipinski definition) is 4. The number of rotatable bonds is 1. The van der Waals surface area contributed by atoms with Gasteiger partial charge in [-0.2, -0.15) is 8.42 Å². The summed E-state index contributed by atoms with van der Waals surface area (Å²) in [7, 11) is -3.58. The summed E-state index contributed by atoms with van der Waals surface area (Å²) in [4.78, 5) is 16.4. The molecule has 1 aromatic carbocycles. The summed E-state index contributed by atoms with van der Waals surface area (Å²) >= 11 is 0. The molecule has 6 nitrogen and oxygen atoms in total. The first-order chi connectivity index (χ1) is 11.1. The molecular formula is C16H19N3O3S. The minimum Gasteiger partial charge on any atom is -0.354 e. The van der Waals surface area contributed by atoms with Crippen LogP contribution in [0.5, 0.6) is 0 Å². The Balaban J connectivity index is 1.56. The highest BCUT2D eigenvalue weighted by atomic mass is 32.2. The third kappa shape index (κ3) is 2.63. The van der Waals surface area contributed by atoms with E-state index in [0.29, 0.717) is 24.5 Å². The average Bonchev–Trinajstić information content (AvgIpc) is 3.36. The van der Waals surface area contributed by atoms with Gasteiger partial charge in [-0.1, -0.05) is 12.1 Å². The van der Waals surface area contributed by atoms with Gasteiger partial charge in [0.25, 0.3) is 10.0 Å². The summed E-state index contributed by atoms with van der Waals surface area (Å²) in [6, 6.07) is 6.95. The Morgan fingerprint density at radius 2 is 1.87 bits per heavy atom. The summed E-state index contributed by atoms with van der Waals surface area (Å²) in [5, 5.41) is 0. The molecule has 1 aromatic rings. The van der Waals surface area contributed by atoms with Crippen molar-refractivity contribution in [3.63, 3.8) is 0 Å². The van der Waals surface area contributed by atoms with E-state index in [1.807, 2.05) is 15.9 Å². The van der Waals surface area contributed by atoms with Crippen molar-refractivity contribution in [2.75, 3.05) is 26.2 Å². The van der Waals surface area contributed by atoms with Crippen LogP contribution in [0, 0.1) is 5.92 Å². The van der Waals surface area contributed by atoms with Gasteiger partial charge in [-0.05, 0) is 31.4 Å². The number of nitrogens with zero attached hydrogens (tertiary/aromatic N) is 3. The van der Waals surface area contributed by atoms with Crippen LogP contribution in [0.1, 0.15) is 24.8 Å². The molecule has 0 spiro atoms. The topological polar surface area (TPSA) is 70.1 Å². The fourth-order valence-electron chi connectivity index (χ4n) is 3.25. The second-order valence-electron chi connectivity index (χ2n) is 6.33. The van der Waals surface area contributed by atoms with Crippen molar-refractivity contribution in [2.45, 2.75) is 24.2 Å². The molecule has 0 bridgehead atoms. The molecule has 1 saturated carbocycles. The van der Waals surface area contributed by atoms with Crippen LogP contribution in [-0.2, 0) is 14.8 Å². The van der Waals surface area contributed by atoms with Gasteiger partial charge in [-0.3, -0.25) is 4.79 Å². The van der Waals surface area contributed by atoms with Crippen LogP contribution in [0.15, 0.2) is 33.6 Å². The van der Waals surface area contributed by atoms with Crippen molar-refractivity contribution in [3.05, 3.63) is 29.8 Å². The summed E-state index contributed by atoms with van der Waals surface area (Å²) in [6.07, 6.45) is 2.86. The van der Waals surface area contributed by atoms with Crippen molar-refractivity contribution in [2.24, 2.45) is 10.3 Å². The molecular weight excluding hydrogens is 314 g/mol. The highest BCUT2D eigenvalue weighted by Gasteiger charge is 2.36. The Morgan fingerprint density at radius 1 is 1.09 bits per heavy atom. The predicted octanol–water partition coefficient (Wildman–Crippen LogP) is 1.08. The van der Waals surface area contributed by atoms with Gasteiger partial charge in [0.05, 0.1) is 0 Å². The Bertz CT molecular complexity index is 784. The summed E-state index contributed by atoms with van der Waals surface area (Å²) in [5.41, 5.74) is 0.675. The van der Waals surface area contributed by atoms with Gasteiger partial charge in [0, 0.05) is 37.7 Å². The smallest absolute Gasteiger partial charge is 0.285 e. The molecule has 0 unspecified atom stereocenters. The normalized spacial score (nSPS) is 23.2. The van der Waals surface area contributed by atoms with E-state index >= 15 is 0 Å². The van der Waals surface area contributed by atoms with Crippen molar-refractivity contribution in [1.29, 1.82) is 0 Å². The molecule has 7 heteroatoms. The number of hydrogen-bond donors (Lipinski definition) is 0. The van der Waals surface area contributed by atoms with Crippen LogP contribution in [0.4, 0.5) is 0 Å². The average molecular weight is 333 g/mol. The number of amides is 1. The molecule has 0 N–H and O–H groups in total. The zero-order chi connectivity index (χ0) is 16.0. The Hall–Kier alpha value is -1.89.